The minimum absolute atomic E-state index is 0.0662. The van der Waals surface area contributed by atoms with Crippen LogP contribution < -0.4 is 0 Å². The van der Waals surface area contributed by atoms with Gasteiger partial charge in [0, 0.05) is 29.7 Å². The number of aromatic nitrogens is 4. The number of nitrogens with zero attached hydrogens (tertiary/aromatic N) is 3. The van der Waals surface area contributed by atoms with Crippen LogP contribution in [0.1, 0.15) is 23.0 Å². The summed E-state index contributed by atoms with van der Waals surface area (Å²) in [6.07, 6.45) is 3.41. The van der Waals surface area contributed by atoms with Crippen molar-refractivity contribution in [1.82, 2.24) is 19.7 Å². The highest BCUT2D eigenvalue weighted by Gasteiger charge is 2.23. The van der Waals surface area contributed by atoms with Crippen molar-refractivity contribution in [2.75, 3.05) is 0 Å². The van der Waals surface area contributed by atoms with Crippen LogP contribution in [0.5, 0.6) is 0 Å². The number of furan rings is 1. The number of carbonyl (C=O) groups is 1. The molecule has 0 aliphatic heterocycles. The molecule has 1 aromatic carbocycles. The van der Waals surface area contributed by atoms with Gasteiger partial charge in [0.05, 0.1) is 17.1 Å². The van der Waals surface area contributed by atoms with E-state index in [2.05, 4.69) is 15.2 Å². The molecule has 26 heavy (non-hydrogen) atoms. The number of aryl methyl sites for hydroxylation is 1. The third-order valence-electron chi connectivity index (χ3n) is 4.44. The summed E-state index contributed by atoms with van der Waals surface area (Å²) in [7, 11) is 1.90. The van der Waals surface area contributed by atoms with Crippen LogP contribution in [0.2, 0.25) is 0 Å². The Balaban J connectivity index is 1.59. The number of carbonyl (C=O) groups excluding carboxylic acids is 1. The lowest BCUT2D eigenvalue weighted by Gasteiger charge is -2.09. The maximum atomic E-state index is 12.9. The monoisotopic (exact) mass is 366 g/mol. The molecule has 0 spiro atoms. The summed E-state index contributed by atoms with van der Waals surface area (Å²) in [5, 5.41) is 9.87. The first kappa shape index (κ1) is 16.7. The van der Waals surface area contributed by atoms with E-state index in [9.17, 15) is 4.79 Å². The van der Waals surface area contributed by atoms with Crippen LogP contribution in [-0.4, -0.2) is 30.8 Å². The van der Waals surface area contributed by atoms with E-state index >= 15 is 0 Å². The number of Topliss-reactive ketones (excluding diaryl/α,β-unsaturated/α-hetero) is 1. The molecule has 4 aromatic rings. The first-order valence-electron chi connectivity index (χ1n) is 8.27. The molecule has 0 saturated carbocycles. The molecule has 0 bridgehead atoms. The molecule has 4 rings (SSSR count). The lowest BCUT2D eigenvalue weighted by atomic mass is 10.1. The Morgan fingerprint density at radius 2 is 2.08 bits per heavy atom. The number of hydrogen-bond acceptors (Lipinski definition) is 5. The molecular weight excluding hydrogens is 348 g/mol. The van der Waals surface area contributed by atoms with Gasteiger partial charge in [0.2, 0.25) is 0 Å². The third kappa shape index (κ3) is 2.74. The van der Waals surface area contributed by atoms with Crippen molar-refractivity contribution in [3.05, 3.63) is 54.1 Å². The van der Waals surface area contributed by atoms with Crippen molar-refractivity contribution in [2.45, 2.75) is 24.3 Å². The molecule has 3 aromatic heterocycles. The number of fused-ring (bicyclic) bond motifs is 1. The van der Waals surface area contributed by atoms with E-state index in [1.807, 2.05) is 55.8 Å². The van der Waals surface area contributed by atoms with Crippen molar-refractivity contribution < 1.29 is 9.21 Å². The van der Waals surface area contributed by atoms with Crippen LogP contribution in [0.25, 0.3) is 22.3 Å². The van der Waals surface area contributed by atoms with E-state index in [0.29, 0.717) is 10.7 Å². The number of nitrogens with one attached hydrogen (secondary N) is 1. The Hall–Kier alpha value is -2.80. The normalized spacial score (nSPS) is 12.6. The van der Waals surface area contributed by atoms with Crippen molar-refractivity contribution in [1.29, 1.82) is 0 Å². The number of hydrogen-bond donors (Lipinski definition) is 1. The largest absolute Gasteiger partial charge is 0.469 e. The van der Waals surface area contributed by atoms with Gasteiger partial charge in [-0.25, -0.2) is 0 Å². The molecule has 0 amide bonds. The van der Waals surface area contributed by atoms with Crippen LogP contribution in [0.3, 0.4) is 0 Å². The summed E-state index contributed by atoms with van der Waals surface area (Å²) in [6, 6.07) is 9.68. The standard InChI is InChI=1S/C19H18N4O2S/c1-11-13(8-9-25-11)18-21-22-19(23(18)3)26-12(2)17(24)15-10-20-16-7-5-4-6-14(15)16/h4-10,12,20H,1-3H3/t12-/m0/s1. The van der Waals surface area contributed by atoms with Gasteiger partial charge in [-0.3, -0.25) is 4.79 Å². The molecular formula is C19H18N4O2S. The number of rotatable bonds is 5. The Bertz CT molecular complexity index is 1090. The summed E-state index contributed by atoms with van der Waals surface area (Å²) in [4.78, 5) is 16.1. The van der Waals surface area contributed by atoms with Gasteiger partial charge in [0.25, 0.3) is 0 Å². The topological polar surface area (TPSA) is 76.7 Å². The molecule has 0 unspecified atom stereocenters. The fourth-order valence-corrected chi connectivity index (χ4v) is 3.86. The van der Waals surface area contributed by atoms with Crippen molar-refractivity contribution >= 4 is 28.4 Å². The first-order valence-corrected chi connectivity index (χ1v) is 9.15. The molecule has 132 valence electrons. The van der Waals surface area contributed by atoms with Crippen LogP contribution in [0.15, 0.2) is 52.4 Å². The smallest absolute Gasteiger partial charge is 0.191 e. The van der Waals surface area contributed by atoms with Crippen molar-refractivity contribution in [3.8, 4) is 11.4 Å². The fraction of sp³-hybridized carbons (Fsp3) is 0.211. The Kier molecular flexibility index (Phi) is 4.16. The summed E-state index contributed by atoms with van der Waals surface area (Å²) >= 11 is 1.40. The highest BCUT2D eigenvalue weighted by molar-refractivity contribution is 8.00. The van der Waals surface area contributed by atoms with Gasteiger partial charge in [0.1, 0.15) is 5.76 Å². The molecule has 3 heterocycles. The van der Waals surface area contributed by atoms with Crippen LogP contribution in [0, 0.1) is 6.92 Å². The van der Waals surface area contributed by atoms with Gasteiger partial charge in [0.15, 0.2) is 16.8 Å². The van der Waals surface area contributed by atoms with E-state index in [4.69, 9.17) is 4.42 Å². The maximum Gasteiger partial charge on any atom is 0.191 e. The number of thioether (sulfide) groups is 1. The second-order valence-electron chi connectivity index (χ2n) is 6.13. The van der Waals surface area contributed by atoms with Crippen LogP contribution in [0.4, 0.5) is 0 Å². The van der Waals surface area contributed by atoms with Crippen LogP contribution in [-0.2, 0) is 7.05 Å². The van der Waals surface area contributed by atoms with E-state index < -0.39 is 0 Å². The highest BCUT2D eigenvalue weighted by atomic mass is 32.2. The second kappa shape index (κ2) is 6.49. The van der Waals surface area contributed by atoms with Gasteiger partial charge in [-0.15, -0.1) is 10.2 Å². The molecule has 0 radical (unpaired) electrons. The molecule has 0 aliphatic rings. The average Bonchev–Trinajstić information content (AvgIpc) is 3.34. The number of para-hydroxylation sites is 1. The molecule has 7 heteroatoms. The van der Waals surface area contributed by atoms with Crippen molar-refractivity contribution in [3.63, 3.8) is 0 Å². The van der Waals surface area contributed by atoms with Gasteiger partial charge >= 0.3 is 0 Å². The summed E-state index contributed by atoms with van der Waals surface area (Å²) < 4.78 is 7.24. The quantitative estimate of drug-likeness (QED) is 0.422. The first-order chi connectivity index (χ1) is 12.6. The van der Waals surface area contributed by atoms with E-state index in [1.165, 1.54) is 11.8 Å². The van der Waals surface area contributed by atoms with Crippen molar-refractivity contribution in [2.24, 2.45) is 7.05 Å². The third-order valence-corrected chi connectivity index (χ3v) is 5.57. The fourth-order valence-electron chi connectivity index (χ4n) is 2.98. The number of benzene rings is 1. The van der Waals surface area contributed by atoms with E-state index in [1.54, 1.807) is 12.5 Å². The van der Waals surface area contributed by atoms with Gasteiger partial charge in [-0.05, 0) is 26.0 Å². The summed E-state index contributed by atoms with van der Waals surface area (Å²) in [6.45, 7) is 3.78. The molecule has 0 fully saturated rings. The minimum Gasteiger partial charge on any atom is -0.469 e. The van der Waals surface area contributed by atoms with Crippen LogP contribution >= 0.6 is 11.8 Å². The Morgan fingerprint density at radius 3 is 2.85 bits per heavy atom. The average molecular weight is 366 g/mol. The number of ketones is 1. The van der Waals surface area contributed by atoms with E-state index in [-0.39, 0.29) is 11.0 Å². The molecule has 1 N–H and O–H groups in total. The highest BCUT2D eigenvalue weighted by Crippen LogP contribution is 2.30. The van der Waals surface area contributed by atoms with Gasteiger partial charge in [-0.1, -0.05) is 30.0 Å². The number of aromatic amines is 1. The lowest BCUT2D eigenvalue weighted by molar-refractivity contribution is 0.0995. The Labute approximate surface area is 154 Å². The molecule has 1 atom stereocenters. The number of H-pyrrole nitrogens is 1. The zero-order chi connectivity index (χ0) is 18.3. The summed E-state index contributed by atoms with van der Waals surface area (Å²) in [5.41, 5.74) is 2.57. The second-order valence-corrected chi connectivity index (χ2v) is 7.44. The molecule has 0 saturated heterocycles. The zero-order valence-corrected chi connectivity index (χ0v) is 15.5. The van der Waals surface area contributed by atoms with Gasteiger partial charge < -0.3 is 14.0 Å². The molecule has 6 nitrogen and oxygen atoms in total. The SMILES string of the molecule is Cc1occc1-c1nnc(S[C@@H](C)C(=O)c2c[nH]c3ccccc23)n1C. The van der Waals surface area contributed by atoms with E-state index in [0.717, 1.165) is 28.1 Å². The predicted octanol–water partition coefficient (Wildman–Crippen LogP) is 4.23. The van der Waals surface area contributed by atoms with Gasteiger partial charge in [-0.2, -0.15) is 0 Å². The minimum atomic E-state index is -0.282. The predicted molar refractivity (Wildman–Crippen MR) is 101 cm³/mol. The zero-order valence-electron chi connectivity index (χ0n) is 14.7. The lowest BCUT2D eigenvalue weighted by Crippen LogP contribution is -2.14. The summed E-state index contributed by atoms with van der Waals surface area (Å²) in [5.74, 6) is 1.59. The maximum absolute atomic E-state index is 12.9. The molecule has 0 aliphatic carbocycles. The Morgan fingerprint density at radius 1 is 1.27 bits per heavy atom.